The van der Waals surface area contributed by atoms with Crippen molar-refractivity contribution in [3.05, 3.63) is 29.3 Å². The van der Waals surface area contributed by atoms with Gasteiger partial charge in [0, 0.05) is 24.3 Å². The summed E-state index contributed by atoms with van der Waals surface area (Å²) in [6.45, 7) is 4.97. The Balaban J connectivity index is 1.17. The molecule has 1 N–H and O–H groups in total. The Morgan fingerprint density at radius 3 is 2.53 bits per heavy atom. The second-order valence-electron chi connectivity index (χ2n) is 10.0. The van der Waals surface area contributed by atoms with Gasteiger partial charge in [-0.3, -0.25) is 14.4 Å². The highest BCUT2D eigenvalue weighted by molar-refractivity contribution is 6.07. The molecule has 1 aromatic rings. The van der Waals surface area contributed by atoms with Gasteiger partial charge in [0.15, 0.2) is 0 Å². The van der Waals surface area contributed by atoms with Crippen molar-refractivity contribution >= 4 is 23.4 Å². The minimum atomic E-state index is -0.637. The number of hydrogen-bond donors (Lipinski definition) is 1. The van der Waals surface area contributed by atoms with Gasteiger partial charge < -0.3 is 19.9 Å². The fraction of sp³-hybridized carbons (Fsp3) is 0.609. The highest BCUT2D eigenvalue weighted by Gasteiger charge is 2.52. The molecule has 5 aliphatic heterocycles. The van der Waals surface area contributed by atoms with E-state index in [4.69, 9.17) is 4.74 Å². The molecule has 7 heteroatoms. The van der Waals surface area contributed by atoms with Crippen molar-refractivity contribution in [3.8, 4) is 0 Å². The zero-order valence-electron chi connectivity index (χ0n) is 17.4. The number of hydrogen-bond acceptors (Lipinski definition) is 4. The second kappa shape index (κ2) is 6.06. The van der Waals surface area contributed by atoms with E-state index in [-0.39, 0.29) is 47.9 Å². The first-order valence-electron chi connectivity index (χ1n) is 11.1. The van der Waals surface area contributed by atoms with Gasteiger partial charge >= 0.3 is 0 Å². The number of carbonyl (C=O) groups excluding carboxylic acids is 3. The molecule has 5 aliphatic rings. The first-order chi connectivity index (χ1) is 14.3. The largest absolute Gasteiger partial charge is 0.374 e. The number of piperazine rings is 1. The summed E-state index contributed by atoms with van der Waals surface area (Å²) in [5.41, 5.74) is 1.64. The van der Waals surface area contributed by atoms with Crippen molar-refractivity contribution in [2.45, 2.75) is 69.2 Å². The lowest BCUT2D eigenvalue weighted by Crippen LogP contribution is -2.52. The topological polar surface area (TPSA) is 79.0 Å². The van der Waals surface area contributed by atoms with Crippen LogP contribution in [0.1, 0.15) is 55.5 Å². The SMILES string of the molecule is CC1(C)C(=O)Nc2ccc(C(=O)N3C[C@@H]4C[C@H]3CN4C(=O)[C@@H]3C[C@@H]4CC[C@H]3O4)cc21. The van der Waals surface area contributed by atoms with Crippen LogP contribution in [-0.2, 0) is 19.7 Å². The lowest BCUT2D eigenvalue weighted by molar-refractivity contribution is -0.139. The van der Waals surface area contributed by atoms with Gasteiger partial charge in [0.05, 0.1) is 35.6 Å². The Labute approximate surface area is 175 Å². The first kappa shape index (κ1) is 18.4. The average Bonchev–Trinajstić information content (AvgIpc) is 3.54. The highest BCUT2D eigenvalue weighted by atomic mass is 16.5. The predicted octanol–water partition coefficient (Wildman–Crippen LogP) is 1.91. The fourth-order valence-corrected chi connectivity index (χ4v) is 6.17. The van der Waals surface area contributed by atoms with Gasteiger partial charge in [-0.05, 0) is 63.3 Å². The standard InChI is InChI=1S/C23H27N3O4/c1-23(2)17-7-12(3-5-18(17)24-22(23)29)20(27)25-10-14-8-13(25)11-26(14)21(28)16-9-15-4-6-19(16)30-15/h3,5,7,13-16,19H,4,6,8-11H2,1-2H3,(H,24,29)/t13-,14-,15-,16+,19+/m0/s1. The molecule has 0 unspecified atom stereocenters. The Morgan fingerprint density at radius 2 is 1.87 bits per heavy atom. The molecule has 0 spiro atoms. The average molecular weight is 409 g/mol. The van der Waals surface area contributed by atoms with Crippen LogP contribution in [-0.4, -0.2) is 64.9 Å². The van der Waals surface area contributed by atoms with Gasteiger partial charge in [-0.2, -0.15) is 0 Å². The number of benzene rings is 1. The lowest BCUT2D eigenvalue weighted by Gasteiger charge is -2.36. The number of amides is 3. The number of fused-ring (bicyclic) bond motifs is 5. The molecule has 158 valence electrons. The molecule has 5 atom stereocenters. The van der Waals surface area contributed by atoms with Crippen molar-refractivity contribution in [2.24, 2.45) is 5.92 Å². The minimum Gasteiger partial charge on any atom is -0.374 e. The molecule has 4 bridgehead atoms. The third kappa shape index (κ3) is 2.44. The van der Waals surface area contributed by atoms with E-state index in [9.17, 15) is 14.4 Å². The molecule has 0 aromatic heterocycles. The van der Waals surface area contributed by atoms with Crippen LogP contribution in [0.15, 0.2) is 18.2 Å². The highest BCUT2D eigenvalue weighted by Crippen LogP contribution is 2.42. The zero-order valence-corrected chi connectivity index (χ0v) is 17.4. The molecule has 0 radical (unpaired) electrons. The molecule has 4 fully saturated rings. The third-order valence-corrected chi connectivity index (χ3v) is 7.96. The fourth-order valence-electron chi connectivity index (χ4n) is 6.17. The number of rotatable bonds is 2. The van der Waals surface area contributed by atoms with Gasteiger partial charge in [-0.25, -0.2) is 0 Å². The molecule has 6 rings (SSSR count). The van der Waals surface area contributed by atoms with E-state index in [0.29, 0.717) is 18.7 Å². The number of nitrogens with zero attached hydrogens (tertiary/aromatic N) is 2. The molecule has 3 amide bonds. The van der Waals surface area contributed by atoms with Crippen molar-refractivity contribution in [1.29, 1.82) is 0 Å². The lowest BCUT2D eigenvalue weighted by atomic mass is 9.85. The summed E-state index contributed by atoms with van der Waals surface area (Å²) in [4.78, 5) is 42.5. The normalized spacial score (nSPS) is 35.1. The molecule has 30 heavy (non-hydrogen) atoms. The predicted molar refractivity (Wildman–Crippen MR) is 109 cm³/mol. The van der Waals surface area contributed by atoms with E-state index in [1.165, 1.54) is 0 Å². The van der Waals surface area contributed by atoms with E-state index in [1.54, 1.807) is 6.07 Å². The minimum absolute atomic E-state index is 0.00388. The molecule has 0 aliphatic carbocycles. The van der Waals surface area contributed by atoms with Gasteiger partial charge in [0.25, 0.3) is 5.91 Å². The number of nitrogens with one attached hydrogen (secondary N) is 1. The smallest absolute Gasteiger partial charge is 0.254 e. The summed E-state index contributed by atoms with van der Waals surface area (Å²) in [6, 6.07) is 5.67. The van der Waals surface area contributed by atoms with E-state index in [1.807, 2.05) is 35.8 Å². The van der Waals surface area contributed by atoms with E-state index in [0.717, 1.165) is 36.9 Å². The van der Waals surface area contributed by atoms with Crippen LogP contribution in [0.4, 0.5) is 5.69 Å². The molecular weight excluding hydrogens is 382 g/mol. The van der Waals surface area contributed by atoms with Crippen molar-refractivity contribution in [1.82, 2.24) is 9.80 Å². The monoisotopic (exact) mass is 409 g/mol. The zero-order chi connectivity index (χ0) is 20.8. The molecule has 1 aromatic carbocycles. The van der Waals surface area contributed by atoms with Crippen molar-refractivity contribution < 1.29 is 19.1 Å². The van der Waals surface area contributed by atoms with Crippen LogP contribution in [0.3, 0.4) is 0 Å². The van der Waals surface area contributed by atoms with Gasteiger partial charge in [-0.1, -0.05) is 0 Å². The summed E-state index contributed by atoms with van der Waals surface area (Å²) >= 11 is 0. The molecule has 5 heterocycles. The van der Waals surface area contributed by atoms with Gasteiger partial charge in [0.2, 0.25) is 11.8 Å². The van der Waals surface area contributed by atoms with Crippen LogP contribution < -0.4 is 5.32 Å². The summed E-state index contributed by atoms with van der Waals surface area (Å²) in [5, 5.41) is 2.89. The second-order valence-corrected chi connectivity index (χ2v) is 10.0. The quantitative estimate of drug-likeness (QED) is 0.809. The van der Waals surface area contributed by atoms with Crippen LogP contribution >= 0.6 is 0 Å². The Morgan fingerprint density at radius 1 is 1.10 bits per heavy atom. The Bertz CT molecular complexity index is 973. The first-order valence-corrected chi connectivity index (χ1v) is 11.1. The van der Waals surface area contributed by atoms with Crippen LogP contribution in [0, 0.1) is 5.92 Å². The number of anilines is 1. The maximum Gasteiger partial charge on any atom is 0.254 e. The molecular formula is C23H27N3O4. The van der Waals surface area contributed by atoms with Crippen LogP contribution in [0.2, 0.25) is 0 Å². The van der Waals surface area contributed by atoms with Crippen LogP contribution in [0.5, 0.6) is 0 Å². The van der Waals surface area contributed by atoms with Crippen molar-refractivity contribution in [2.75, 3.05) is 18.4 Å². The Hall–Kier alpha value is -2.41. The third-order valence-electron chi connectivity index (χ3n) is 7.96. The summed E-state index contributed by atoms with van der Waals surface area (Å²) < 4.78 is 5.88. The summed E-state index contributed by atoms with van der Waals surface area (Å²) in [5.74, 6) is 0.193. The summed E-state index contributed by atoms with van der Waals surface area (Å²) in [7, 11) is 0. The maximum atomic E-state index is 13.3. The molecule has 4 saturated heterocycles. The number of carbonyl (C=O) groups is 3. The molecule has 0 saturated carbocycles. The van der Waals surface area contributed by atoms with Gasteiger partial charge in [0.1, 0.15) is 0 Å². The van der Waals surface area contributed by atoms with E-state index >= 15 is 0 Å². The van der Waals surface area contributed by atoms with Crippen molar-refractivity contribution in [3.63, 3.8) is 0 Å². The number of likely N-dealkylation sites (tertiary alicyclic amines) is 2. The maximum absolute atomic E-state index is 13.3. The van der Waals surface area contributed by atoms with E-state index < -0.39 is 5.41 Å². The summed E-state index contributed by atoms with van der Waals surface area (Å²) in [6.07, 6.45) is 4.17. The van der Waals surface area contributed by atoms with Gasteiger partial charge in [-0.15, -0.1) is 0 Å². The number of ether oxygens (including phenoxy) is 1. The van der Waals surface area contributed by atoms with E-state index in [2.05, 4.69) is 5.32 Å². The molecule has 7 nitrogen and oxygen atoms in total. The Kier molecular flexibility index (Phi) is 3.71. The van der Waals surface area contributed by atoms with Crippen LogP contribution in [0.25, 0.3) is 0 Å².